The molecule has 0 aliphatic carbocycles. The number of aromatic nitrogens is 5. The van der Waals surface area contributed by atoms with Crippen LogP contribution in [0.25, 0.3) is 0 Å². The summed E-state index contributed by atoms with van der Waals surface area (Å²) in [6.45, 7) is 1.92. The van der Waals surface area contributed by atoms with Crippen molar-refractivity contribution in [1.29, 1.82) is 0 Å². The molecule has 3 heterocycles. The number of nitrogens with zero attached hydrogens (tertiary/aromatic N) is 6. The van der Waals surface area contributed by atoms with Crippen molar-refractivity contribution in [2.75, 3.05) is 18.0 Å². The van der Waals surface area contributed by atoms with Crippen molar-refractivity contribution in [3.8, 4) is 0 Å². The molecule has 4 rings (SSSR count). The smallest absolute Gasteiger partial charge is 0.208 e. The number of halogens is 1. The Morgan fingerprint density at radius 2 is 2.08 bits per heavy atom. The van der Waals surface area contributed by atoms with Gasteiger partial charge in [-0.15, -0.1) is 10.2 Å². The number of anilines is 1. The number of rotatable bonds is 4. The van der Waals surface area contributed by atoms with E-state index in [0.29, 0.717) is 6.04 Å². The number of benzene rings is 1. The Labute approximate surface area is 149 Å². The lowest BCUT2D eigenvalue weighted by atomic mass is 10.1. The Kier molecular flexibility index (Phi) is 4.44. The summed E-state index contributed by atoms with van der Waals surface area (Å²) in [5.41, 5.74) is 1.20. The van der Waals surface area contributed by atoms with Crippen LogP contribution in [0.5, 0.6) is 0 Å². The van der Waals surface area contributed by atoms with Crippen LogP contribution in [-0.2, 0) is 6.42 Å². The summed E-state index contributed by atoms with van der Waals surface area (Å²) in [6.07, 6.45) is 6.41. The normalized spacial score (nSPS) is 18.0. The summed E-state index contributed by atoms with van der Waals surface area (Å²) in [4.78, 5) is 6.36. The van der Waals surface area contributed by atoms with Crippen LogP contribution in [0.1, 0.15) is 29.5 Å². The molecule has 1 aromatic carbocycles. The van der Waals surface area contributed by atoms with E-state index in [1.54, 1.807) is 24.0 Å². The van der Waals surface area contributed by atoms with Gasteiger partial charge >= 0.3 is 0 Å². The molecular weight excluding hydrogens is 344 g/mol. The zero-order valence-corrected chi connectivity index (χ0v) is 14.6. The monoisotopic (exact) mass is 360 g/mol. The maximum absolute atomic E-state index is 5.93. The minimum atomic E-state index is 0.352. The molecule has 3 aromatic rings. The van der Waals surface area contributed by atoms with E-state index in [-0.39, 0.29) is 0 Å². The van der Waals surface area contributed by atoms with Crippen molar-refractivity contribution < 1.29 is 0 Å². The molecule has 1 fully saturated rings. The van der Waals surface area contributed by atoms with Gasteiger partial charge in [0.05, 0.1) is 6.04 Å². The molecule has 8 heteroatoms. The van der Waals surface area contributed by atoms with Gasteiger partial charge < -0.3 is 4.90 Å². The molecule has 1 unspecified atom stereocenters. The third-order valence-corrected chi connectivity index (χ3v) is 5.44. The first kappa shape index (κ1) is 15.5. The minimum absolute atomic E-state index is 0.352. The Morgan fingerprint density at radius 1 is 1.21 bits per heavy atom. The lowest BCUT2D eigenvalue weighted by molar-refractivity contribution is 0.375. The second kappa shape index (κ2) is 6.86. The molecule has 124 valence electrons. The molecule has 2 aromatic heterocycles. The SMILES string of the molecule is Clc1ccc(Cc2nnc(N3CCCC(n4cncn4)C3)s2)cc1. The van der Waals surface area contributed by atoms with Crippen LogP contribution in [-0.4, -0.2) is 38.1 Å². The quantitative estimate of drug-likeness (QED) is 0.715. The van der Waals surface area contributed by atoms with Crippen LogP contribution in [0.4, 0.5) is 5.13 Å². The van der Waals surface area contributed by atoms with Crippen LogP contribution in [0, 0.1) is 0 Å². The molecular formula is C16H17ClN6S. The topological polar surface area (TPSA) is 59.7 Å². The van der Waals surface area contributed by atoms with E-state index in [0.717, 1.165) is 47.5 Å². The molecule has 0 radical (unpaired) electrons. The fourth-order valence-corrected chi connectivity index (χ4v) is 4.00. The second-order valence-corrected chi connectivity index (χ2v) is 7.38. The van der Waals surface area contributed by atoms with Crippen LogP contribution in [0.15, 0.2) is 36.9 Å². The van der Waals surface area contributed by atoms with Crippen LogP contribution < -0.4 is 4.90 Å². The predicted octanol–water partition coefficient (Wildman–Crippen LogP) is 3.22. The highest BCUT2D eigenvalue weighted by molar-refractivity contribution is 7.15. The lowest BCUT2D eigenvalue weighted by Gasteiger charge is -2.31. The zero-order valence-electron chi connectivity index (χ0n) is 13.0. The van der Waals surface area contributed by atoms with E-state index in [1.165, 1.54) is 5.56 Å². The maximum Gasteiger partial charge on any atom is 0.208 e. The Morgan fingerprint density at radius 3 is 2.88 bits per heavy atom. The van der Waals surface area contributed by atoms with Gasteiger partial charge in [-0.3, -0.25) is 0 Å². The Bertz CT molecular complexity index is 785. The molecule has 24 heavy (non-hydrogen) atoms. The van der Waals surface area contributed by atoms with E-state index in [9.17, 15) is 0 Å². The standard InChI is InChI=1S/C16H17ClN6S/c17-13-5-3-12(4-6-13)8-15-20-21-16(24-15)22-7-1-2-14(9-22)23-11-18-10-19-23/h3-6,10-11,14H,1-2,7-9H2. The molecule has 0 bridgehead atoms. The molecule has 0 spiro atoms. The average Bonchev–Trinajstić information content (AvgIpc) is 3.29. The lowest BCUT2D eigenvalue weighted by Crippen LogP contribution is -2.36. The first-order valence-corrected chi connectivity index (χ1v) is 9.13. The van der Waals surface area contributed by atoms with Crippen molar-refractivity contribution in [1.82, 2.24) is 25.0 Å². The van der Waals surface area contributed by atoms with Gasteiger partial charge in [-0.1, -0.05) is 35.1 Å². The minimum Gasteiger partial charge on any atom is -0.345 e. The molecule has 0 saturated carbocycles. The highest BCUT2D eigenvalue weighted by Crippen LogP contribution is 2.28. The first-order chi connectivity index (χ1) is 11.8. The number of piperidine rings is 1. The molecule has 6 nitrogen and oxygen atoms in total. The molecule has 0 amide bonds. The summed E-state index contributed by atoms with van der Waals surface area (Å²) in [7, 11) is 0. The van der Waals surface area contributed by atoms with E-state index in [1.807, 2.05) is 28.9 Å². The number of hydrogen-bond acceptors (Lipinski definition) is 6. The fourth-order valence-electron chi connectivity index (χ4n) is 2.97. The molecule has 1 aliphatic heterocycles. The summed E-state index contributed by atoms with van der Waals surface area (Å²) >= 11 is 7.60. The third-order valence-electron chi connectivity index (χ3n) is 4.20. The zero-order chi connectivity index (χ0) is 16.4. The van der Waals surface area contributed by atoms with E-state index in [4.69, 9.17) is 11.6 Å². The Hall–Kier alpha value is -1.99. The van der Waals surface area contributed by atoms with Crippen LogP contribution >= 0.6 is 22.9 Å². The van der Waals surface area contributed by atoms with Gasteiger partial charge in [-0.2, -0.15) is 5.10 Å². The molecule has 0 N–H and O–H groups in total. The van der Waals surface area contributed by atoms with E-state index < -0.39 is 0 Å². The average molecular weight is 361 g/mol. The van der Waals surface area contributed by atoms with Gasteiger partial charge in [0.15, 0.2) is 0 Å². The second-order valence-electron chi connectivity index (χ2n) is 5.90. The summed E-state index contributed by atoms with van der Waals surface area (Å²) in [6, 6.07) is 8.24. The summed E-state index contributed by atoms with van der Waals surface area (Å²) in [5, 5.41) is 15.8. The first-order valence-electron chi connectivity index (χ1n) is 7.94. The van der Waals surface area contributed by atoms with Crippen molar-refractivity contribution in [3.05, 3.63) is 52.5 Å². The predicted molar refractivity (Wildman–Crippen MR) is 94.7 cm³/mol. The van der Waals surface area contributed by atoms with E-state index >= 15 is 0 Å². The van der Waals surface area contributed by atoms with Crippen LogP contribution in [0.2, 0.25) is 5.02 Å². The van der Waals surface area contributed by atoms with Gasteiger partial charge in [0.25, 0.3) is 0 Å². The highest BCUT2D eigenvalue weighted by Gasteiger charge is 2.24. The van der Waals surface area contributed by atoms with Gasteiger partial charge in [-0.25, -0.2) is 9.67 Å². The molecule has 1 saturated heterocycles. The van der Waals surface area contributed by atoms with Gasteiger partial charge in [-0.05, 0) is 30.5 Å². The van der Waals surface area contributed by atoms with Gasteiger partial charge in [0, 0.05) is 24.5 Å². The van der Waals surface area contributed by atoms with Gasteiger partial charge in [0.2, 0.25) is 5.13 Å². The molecule has 1 aliphatic rings. The highest BCUT2D eigenvalue weighted by atomic mass is 35.5. The van der Waals surface area contributed by atoms with Crippen molar-refractivity contribution >= 4 is 28.1 Å². The molecule has 1 atom stereocenters. The third kappa shape index (κ3) is 3.42. The van der Waals surface area contributed by atoms with Crippen molar-refractivity contribution in [2.45, 2.75) is 25.3 Å². The van der Waals surface area contributed by atoms with Gasteiger partial charge in [0.1, 0.15) is 17.7 Å². The summed E-state index contributed by atoms with van der Waals surface area (Å²) < 4.78 is 1.95. The van der Waals surface area contributed by atoms with Crippen LogP contribution in [0.3, 0.4) is 0 Å². The van der Waals surface area contributed by atoms with E-state index in [2.05, 4.69) is 25.2 Å². The maximum atomic E-state index is 5.93. The van der Waals surface area contributed by atoms with Crippen molar-refractivity contribution in [3.63, 3.8) is 0 Å². The van der Waals surface area contributed by atoms with Crippen molar-refractivity contribution in [2.24, 2.45) is 0 Å². The summed E-state index contributed by atoms with van der Waals surface area (Å²) in [5.74, 6) is 0. The largest absolute Gasteiger partial charge is 0.345 e. The number of hydrogen-bond donors (Lipinski definition) is 0. The fraction of sp³-hybridized carbons (Fsp3) is 0.375. The Balaban J connectivity index is 1.45.